The average molecular weight is 355 g/mol. The van der Waals surface area contributed by atoms with Crippen molar-refractivity contribution in [3.05, 3.63) is 59.4 Å². The summed E-state index contributed by atoms with van der Waals surface area (Å²) in [4.78, 5) is 12.4. The van der Waals surface area contributed by atoms with Crippen molar-refractivity contribution in [1.82, 2.24) is 10.3 Å². The molecule has 1 amide bonds. The number of aryl methyl sites for hydroxylation is 1. The number of carbonyl (C=O) groups is 1. The van der Waals surface area contributed by atoms with Crippen molar-refractivity contribution < 1.29 is 18.6 Å². The zero-order valence-corrected chi connectivity index (χ0v) is 14.6. The molecule has 7 heteroatoms. The van der Waals surface area contributed by atoms with E-state index in [1.165, 1.54) is 24.3 Å². The Labute approximate surface area is 149 Å². The van der Waals surface area contributed by atoms with Crippen LogP contribution in [0.2, 0.25) is 0 Å². The van der Waals surface area contributed by atoms with Crippen LogP contribution in [0, 0.1) is 19.7 Å². The second-order valence-corrected chi connectivity index (χ2v) is 5.92. The van der Waals surface area contributed by atoms with Crippen molar-refractivity contribution in [3.63, 3.8) is 0 Å². The van der Waals surface area contributed by atoms with Gasteiger partial charge in [-0.1, -0.05) is 12.1 Å². The molecular weight excluding hydrogens is 337 g/mol. The van der Waals surface area contributed by atoms with Crippen LogP contribution in [0.15, 0.2) is 47.1 Å². The molecule has 1 heterocycles. The highest BCUT2D eigenvalue weighted by atomic mass is 19.1. The minimum Gasteiger partial charge on any atom is -0.481 e. The fraction of sp³-hybridized carbons (Fsp3) is 0.211. The molecule has 0 fully saturated rings. The number of carbonyl (C=O) groups excluding carboxylic acids is 1. The molecule has 0 aliphatic carbocycles. The minimum atomic E-state index is -0.756. The van der Waals surface area contributed by atoms with Crippen LogP contribution in [0.5, 0.6) is 5.75 Å². The summed E-state index contributed by atoms with van der Waals surface area (Å²) in [5.41, 5.74) is 2.94. The molecule has 2 aromatic carbocycles. The number of rotatable bonds is 5. The smallest absolute Gasteiger partial charge is 0.266 e. The number of hydrogen-bond acceptors (Lipinski definition) is 5. The molecule has 6 nitrogen and oxygen atoms in total. The van der Waals surface area contributed by atoms with Crippen LogP contribution in [0.1, 0.15) is 18.1 Å². The van der Waals surface area contributed by atoms with Gasteiger partial charge in [0.15, 0.2) is 11.8 Å². The zero-order chi connectivity index (χ0) is 18.7. The Morgan fingerprint density at radius 2 is 1.88 bits per heavy atom. The highest BCUT2D eigenvalue weighted by Gasteiger charge is 2.21. The molecule has 1 N–H and O–H groups in total. The van der Waals surface area contributed by atoms with Crippen LogP contribution in [-0.4, -0.2) is 22.3 Å². The summed E-state index contributed by atoms with van der Waals surface area (Å²) in [6, 6.07) is 11.3. The first-order valence-corrected chi connectivity index (χ1v) is 8.08. The Balaban J connectivity index is 1.73. The first-order chi connectivity index (χ1) is 12.5. The maximum Gasteiger partial charge on any atom is 0.266 e. The van der Waals surface area contributed by atoms with Gasteiger partial charge in [0.05, 0.1) is 0 Å². The van der Waals surface area contributed by atoms with Gasteiger partial charge >= 0.3 is 0 Å². The number of aromatic nitrogens is 2. The van der Waals surface area contributed by atoms with Gasteiger partial charge in [-0.05, 0) is 72.5 Å². The molecule has 0 radical (unpaired) electrons. The van der Waals surface area contributed by atoms with E-state index in [1.807, 2.05) is 32.0 Å². The summed E-state index contributed by atoms with van der Waals surface area (Å²) in [6.45, 7) is 5.55. The third kappa shape index (κ3) is 3.72. The van der Waals surface area contributed by atoms with Gasteiger partial charge in [-0.2, -0.15) is 0 Å². The summed E-state index contributed by atoms with van der Waals surface area (Å²) in [5.74, 6) is 0.0269. The Bertz CT molecular complexity index is 922. The third-order valence-electron chi connectivity index (χ3n) is 4.08. The molecule has 0 saturated carbocycles. The predicted octanol–water partition coefficient (Wildman–Crippen LogP) is 3.90. The number of nitrogens with zero attached hydrogens (tertiary/aromatic N) is 2. The number of benzene rings is 2. The molecule has 0 bridgehead atoms. The van der Waals surface area contributed by atoms with Crippen molar-refractivity contribution in [2.75, 3.05) is 5.32 Å². The van der Waals surface area contributed by atoms with E-state index >= 15 is 0 Å². The van der Waals surface area contributed by atoms with E-state index in [4.69, 9.17) is 9.37 Å². The van der Waals surface area contributed by atoms with Crippen molar-refractivity contribution >= 4 is 11.7 Å². The molecule has 134 valence electrons. The lowest BCUT2D eigenvalue weighted by molar-refractivity contribution is -0.122. The topological polar surface area (TPSA) is 77.2 Å². The standard InChI is InChI=1S/C19H18FN3O3/c1-11-5-4-6-16(12(11)2)25-13(3)19(24)21-18-17(22-26-23-18)14-7-9-15(20)10-8-14/h4-10,13H,1-3H3,(H,21,23,24)/t13-/m1/s1. The normalized spacial score (nSPS) is 11.8. The van der Waals surface area contributed by atoms with Gasteiger partial charge in [-0.15, -0.1) is 0 Å². The Kier molecular flexibility index (Phi) is 4.97. The van der Waals surface area contributed by atoms with E-state index in [0.29, 0.717) is 17.0 Å². The molecular formula is C19H18FN3O3. The van der Waals surface area contributed by atoms with Gasteiger partial charge in [0.1, 0.15) is 11.6 Å². The van der Waals surface area contributed by atoms with Crippen molar-refractivity contribution in [2.45, 2.75) is 26.9 Å². The van der Waals surface area contributed by atoms with Crippen LogP contribution >= 0.6 is 0 Å². The molecule has 0 saturated heterocycles. The zero-order valence-electron chi connectivity index (χ0n) is 14.6. The van der Waals surface area contributed by atoms with Crippen LogP contribution in [0.3, 0.4) is 0 Å². The average Bonchev–Trinajstić information content (AvgIpc) is 3.07. The first kappa shape index (κ1) is 17.6. The number of hydrogen-bond donors (Lipinski definition) is 1. The number of anilines is 1. The van der Waals surface area contributed by atoms with Gasteiger partial charge in [0.25, 0.3) is 5.91 Å². The Hall–Kier alpha value is -3.22. The summed E-state index contributed by atoms with van der Waals surface area (Å²) in [5, 5.41) is 10.1. The van der Waals surface area contributed by atoms with Crippen LogP contribution in [0.4, 0.5) is 10.2 Å². The maximum atomic E-state index is 13.1. The Morgan fingerprint density at radius 1 is 1.15 bits per heavy atom. The molecule has 3 rings (SSSR count). The highest BCUT2D eigenvalue weighted by molar-refractivity contribution is 5.95. The lowest BCUT2D eigenvalue weighted by Gasteiger charge is -2.16. The van der Waals surface area contributed by atoms with Gasteiger partial charge in [-0.25, -0.2) is 9.02 Å². The third-order valence-corrected chi connectivity index (χ3v) is 4.08. The first-order valence-electron chi connectivity index (χ1n) is 8.08. The molecule has 1 aromatic heterocycles. The van der Waals surface area contributed by atoms with Gasteiger partial charge < -0.3 is 10.1 Å². The fourth-order valence-electron chi connectivity index (χ4n) is 2.38. The summed E-state index contributed by atoms with van der Waals surface area (Å²) >= 11 is 0. The van der Waals surface area contributed by atoms with Crippen LogP contribution < -0.4 is 10.1 Å². The lowest BCUT2D eigenvalue weighted by atomic mass is 10.1. The van der Waals surface area contributed by atoms with Gasteiger partial charge in [0.2, 0.25) is 5.82 Å². The molecule has 3 aromatic rings. The SMILES string of the molecule is Cc1cccc(O[C@H](C)C(=O)Nc2nonc2-c2ccc(F)cc2)c1C. The van der Waals surface area contributed by atoms with E-state index in [0.717, 1.165) is 11.1 Å². The van der Waals surface area contributed by atoms with Crippen LogP contribution in [-0.2, 0) is 4.79 Å². The summed E-state index contributed by atoms with van der Waals surface area (Å²) in [6.07, 6.45) is -0.756. The number of amides is 1. The van der Waals surface area contributed by atoms with E-state index < -0.39 is 12.0 Å². The molecule has 0 unspecified atom stereocenters. The van der Waals surface area contributed by atoms with Crippen molar-refractivity contribution in [3.8, 4) is 17.0 Å². The fourth-order valence-corrected chi connectivity index (χ4v) is 2.38. The van der Waals surface area contributed by atoms with Crippen molar-refractivity contribution in [1.29, 1.82) is 0 Å². The maximum absolute atomic E-state index is 13.1. The van der Waals surface area contributed by atoms with E-state index in [-0.39, 0.29) is 11.6 Å². The second kappa shape index (κ2) is 7.35. The van der Waals surface area contributed by atoms with Gasteiger partial charge in [0, 0.05) is 5.56 Å². The second-order valence-electron chi connectivity index (χ2n) is 5.92. The van der Waals surface area contributed by atoms with Gasteiger partial charge in [-0.3, -0.25) is 4.79 Å². The number of ether oxygens (including phenoxy) is 1. The molecule has 0 aliphatic rings. The Morgan fingerprint density at radius 3 is 2.62 bits per heavy atom. The molecule has 0 spiro atoms. The van der Waals surface area contributed by atoms with Crippen LogP contribution in [0.25, 0.3) is 11.3 Å². The summed E-state index contributed by atoms with van der Waals surface area (Å²) < 4.78 is 23.5. The quantitative estimate of drug-likeness (QED) is 0.751. The monoisotopic (exact) mass is 355 g/mol. The predicted molar refractivity (Wildman–Crippen MR) is 94.3 cm³/mol. The molecule has 1 atom stereocenters. The summed E-state index contributed by atoms with van der Waals surface area (Å²) in [7, 11) is 0. The number of nitrogens with one attached hydrogen (secondary N) is 1. The van der Waals surface area contributed by atoms with E-state index in [9.17, 15) is 9.18 Å². The minimum absolute atomic E-state index is 0.151. The lowest BCUT2D eigenvalue weighted by Crippen LogP contribution is -2.30. The van der Waals surface area contributed by atoms with E-state index in [1.54, 1.807) is 6.92 Å². The van der Waals surface area contributed by atoms with Crippen molar-refractivity contribution in [2.24, 2.45) is 0 Å². The molecule has 26 heavy (non-hydrogen) atoms. The highest BCUT2D eigenvalue weighted by Crippen LogP contribution is 2.25. The molecule has 0 aliphatic heterocycles. The van der Waals surface area contributed by atoms with E-state index in [2.05, 4.69) is 15.6 Å². The largest absolute Gasteiger partial charge is 0.481 e. The number of halogens is 1.